The van der Waals surface area contributed by atoms with E-state index in [1.165, 1.54) is 0 Å². The van der Waals surface area contributed by atoms with Crippen LogP contribution in [0, 0.1) is 24.2 Å². The van der Waals surface area contributed by atoms with Gasteiger partial charge in [0.05, 0.1) is 11.6 Å². The average Bonchev–Trinajstić information content (AvgIpc) is 3.35. The lowest BCUT2D eigenvalue weighted by molar-refractivity contribution is -0.110. The van der Waals surface area contributed by atoms with Crippen LogP contribution in [0.15, 0.2) is 28.9 Å². The third kappa shape index (κ3) is 3.04. The number of likely N-dealkylation sites (tertiary alicyclic amines) is 1. The van der Waals surface area contributed by atoms with Crippen LogP contribution in [-0.4, -0.2) is 41.9 Å². The molecular weight excluding hydrogens is 396 g/mol. The Kier molecular flexibility index (Phi) is 4.28. The van der Waals surface area contributed by atoms with Crippen LogP contribution in [-0.2, 0) is 12.6 Å². The Bertz CT molecular complexity index is 1210. The molecule has 2 amide bonds. The minimum Gasteiger partial charge on any atom is -0.423 e. The molecule has 1 aromatic carbocycles. The number of hydrogen-bond donors (Lipinski definition) is 1. The van der Waals surface area contributed by atoms with Crippen LogP contribution in [0.1, 0.15) is 43.5 Å². The number of fused-ring (bicyclic) bond motifs is 2. The second-order valence-corrected chi connectivity index (χ2v) is 8.47. The number of benzene rings is 1. The number of amides is 2. The van der Waals surface area contributed by atoms with Gasteiger partial charge >= 0.3 is 6.03 Å². The Morgan fingerprint density at radius 1 is 1.35 bits per heavy atom. The molecule has 31 heavy (non-hydrogen) atoms. The highest BCUT2D eigenvalue weighted by molar-refractivity contribution is 5.92. The Balaban J connectivity index is 1.44. The highest BCUT2D eigenvalue weighted by atomic mass is 16.4. The number of aryl methyl sites for hydroxylation is 2. The first kappa shape index (κ1) is 19.2. The molecule has 1 N–H and O–H groups in total. The summed E-state index contributed by atoms with van der Waals surface area (Å²) in [5.74, 6) is 1.89. The lowest BCUT2D eigenvalue weighted by Crippen LogP contribution is -2.70. The minimum atomic E-state index is -0.564. The number of hydrogen-bond acceptors (Lipinski definition) is 7. The van der Waals surface area contributed by atoms with Crippen molar-refractivity contribution in [2.75, 3.05) is 5.32 Å². The SMILES string of the molecule is Cc1nnc(C23CC(C[C@H](C)C2)N3C(=O)Nc2ccc(C#N)c(-c3ncn(C)n3)c2)o1. The summed E-state index contributed by atoms with van der Waals surface area (Å²) in [6.07, 6.45) is 4.12. The first-order chi connectivity index (χ1) is 14.9. The van der Waals surface area contributed by atoms with E-state index in [1.807, 2.05) is 4.90 Å². The fourth-order valence-corrected chi connectivity index (χ4v) is 4.98. The maximum absolute atomic E-state index is 13.3. The molecule has 10 nitrogen and oxygen atoms in total. The normalized spacial score (nSPS) is 24.4. The van der Waals surface area contributed by atoms with Crippen molar-refractivity contribution in [2.24, 2.45) is 13.0 Å². The molecule has 2 aromatic heterocycles. The highest BCUT2D eigenvalue weighted by Crippen LogP contribution is 2.55. The van der Waals surface area contributed by atoms with E-state index in [0.29, 0.717) is 40.3 Å². The summed E-state index contributed by atoms with van der Waals surface area (Å²) in [5.41, 5.74) is 1.02. The number of nitrogens with one attached hydrogen (secondary N) is 1. The van der Waals surface area contributed by atoms with Crippen LogP contribution in [0.2, 0.25) is 0 Å². The molecule has 1 aliphatic heterocycles. The van der Waals surface area contributed by atoms with E-state index < -0.39 is 5.54 Å². The Labute approximate surface area is 178 Å². The summed E-state index contributed by atoms with van der Waals surface area (Å²) in [5, 5.41) is 24.9. The van der Waals surface area contributed by atoms with Gasteiger partial charge in [-0.2, -0.15) is 10.4 Å². The highest BCUT2D eigenvalue weighted by Gasteiger charge is 2.62. The van der Waals surface area contributed by atoms with Crippen LogP contribution in [0.4, 0.5) is 10.5 Å². The Hall–Kier alpha value is -3.74. The lowest BCUT2D eigenvalue weighted by Gasteiger charge is -2.61. The van der Waals surface area contributed by atoms with E-state index in [4.69, 9.17) is 4.42 Å². The van der Waals surface area contributed by atoms with Crippen LogP contribution in [0.5, 0.6) is 0 Å². The van der Waals surface area contributed by atoms with E-state index in [-0.39, 0.29) is 12.1 Å². The van der Waals surface area contributed by atoms with Crippen LogP contribution in [0.25, 0.3) is 11.4 Å². The molecule has 5 rings (SSSR count). The first-order valence-corrected chi connectivity index (χ1v) is 10.2. The number of piperidine rings is 1. The molecule has 1 aliphatic carbocycles. The molecule has 1 saturated carbocycles. The Morgan fingerprint density at radius 3 is 2.87 bits per heavy atom. The van der Waals surface area contributed by atoms with Crippen molar-refractivity contribution in [3.8, 4) is 17.5 Å². The summed E-state index contributed by atoms with van der Waals surface area (Å²) in [7, 11) is 1.76. The van der Waals surface area contributed by atoms with Gasteiger partial charge in [-0.1, -0.05) is 6.92 Å². The van der Waals surface area contributed by atoms with Gasteiger partial charge in [-0.25, -0.2) is 9.78 Å². The number of carbonyl (C=O) groups excluding carboxylic acids is 1. The first-order valence-electron chi connectivity index (χ1n) is 10.2. The molecule has 1 saturated heterocycles. The largest absolute Gasteiger partial charge is 0.423 e. The van der Waals surface area contributed by atoms with Crippen molar-refractivity contribution in [3.05, 3.63) is 41.9 Å². The van der Waals surface area contributed by atoms with Crippen molar-refractivity contribution in [3.63, 3.8) is 0 Å². The van der Waals surface area contributed by atoms with E-state index >= 15 is 0 Å². The van der Waals surface area contributed by atoms with E-state index in [2.05, 4.69) is 38.6 Å². The van der Waals surface area contributed by atoms with Crippen LogP contribution >= 0.6 is 0 Å². The van der Waals surface area contributed by atoms with Crippen molar-refractivity contribution in [2.45, 2.75) is 44.7 Å². The lowest BCUT2D eigenvalue weighted by atomic mass is 9.64. The molecule has 0 spiro atoms. The molecule has 10 heteroatoms. The van der Waals surface area contributed by atoms with Gasteiger partial charge in [-0.3, -0.25) is 4.68 Å². The molecule has 3 aromatic rings. The summed E-state index contributed by atoms with van der Waals surface area (Å²) < 4.78 is 7.32. The van der Waals surface area contributed by atoms with Gasteiger partial charge in [0.15, 0.2) is 5.82 Å². The van der Waals surface area contributed by atoms with Crippen molar-refractivity contribution in [1.29, 1.82) is 5.26 Å². The van der Waals surface area contributed by atoms with Gasteiger partial charge in [0.2, 0.25) is 11.8 Å². The van der Waals surface area contributed by atoms with Gasteiger partial charge < -0.3 is 14.6 Å². The molecule has 0 radical (unpaired) electrons. The smallest absolute Gasteiger partial charge is 0.323 e. The van der Waals surface area contributed by atoms with E-state index in [1.54, 1.807) is 43.2 Å². The molecule has 2 fully saturated rings. The van der Waals surface area contributed by atoms with Crippen molar-refractivity contribution in [1.82, 2.24) is 29.9 Å². The van der Waals surface area contributed by atoms with Gasteiger partial charge in [0, 0.05) is 37.7 Å². The zero-order valence-corrected chi connectivity index (χ0v) is 17.5. The molecule has 2 bridgehead atoms. The Morgan fingerprint density at radius 2 is 2.19 bits per heavy atom. The standard InChI is InChI=1S/C21H22N8O2/c1-12-6-16-9-21(8-12,19-26-25-13(2)31-19)29(16)20(30)24-15-5-4-14(10-22)17(7-15)18-23-11-28(3)27-18/h4-5,7,11-12,16H,6,8-9H2,1-3H3,(H,24,30)/t12-,16?,21?/m0/s1. The second kappa shape index (κ2) is 6.91. The fourth-order valence-electron chi connectivity index (χ4n) is 4.98. The predicted molar refractivity (Wildman–Crippen MR) is 110 cm³/mol. The monoisotopic (exact) mass is 418 g/mol. The van der Waals surface area contributed by atoms with Crippen molar-refractivity contribution < 1.29 is 9.21 Å². The van der Waals surface area contributed by atoms with Crippen LogP contribution in [0.3, 0.4) is 0 Å². The third-order valence-electron chi connectivity index (χ3n) is 6.13. The summed E-state index contributed by atoms with van der Waals surface area (Å²) in [6.45, 7) is 3.94. The molecular formula is C21H22N8O2. The van der Waals surface area contributed by atoms with Crippen LogP contribution < -0.4 is 5.32 Å². The number of urea groups is 1. The predicted octanol–water partition coefficient (Wildman–Crippen LogP) is 2.98. The van der Waals surface area contributed by atoms with Gasteiger partial charge in [0.25, 0.3) is 0 Å². The average molecular weight is 418 g/mol. The van der Waals surface area contributed by atoms with Gasteiger partial charge in [-0.05, 0) is 37.0 Å². The molecule has 3 heterocycles. The van der Waals surface area contributed by atoms with Gasteiger partial charge in [0.1, 0.15) is 11.9 Å². The number of rotatable bonds is 3. The number of nitriles is 1. The number of carbonyl (C=O) groups is 1. The fraction of sp³-hybridized carbons (Fsp3) is 0.429. The zero-order valence-electron chi connectivity index (χ0n) is 17.5. The number of anilines is 1. The zero-order chi connectivity index (χ0) is 21.8. The maximum Gasteiger partial charge on any atom is 0.323 e. The summed E-state index contributed by atoms with van der Waals surface area (Å²) in [6, 6.07) is 7.17. The number of aromatic nitrogens is 5. The van der Waals surface area contributed by atoms with E-state index in [0.717, 1.165) is 19.3 Å². The summed E-state index contributed by atoms with van der Waals surface area (Å²) >= 11 is 0. The number of nitrogens with zero attached hydrogens (tertiary/aromatic N) is 7. The maximum atomic E-state index is 13.3. The van der Waals surface area contributed by atoms with Gasteiger partial charge in [-0.15, -0.1) is 10.2 Å². The minimum absolute atomic E-state index is 0.131. The van der Waals surface area contributed by atoms with Crippen molar-refractivity contribution >= 4 is 11.7 Å². The second-order valence-electron chi connectivity index (χ2n) is 8.47. The molecule has 2 unspecified atom stereocenters. The molecule has 3 atom stereocenters. The molecule has 158 valence electrons. The third-order valence-corrected chi connectivity index (χ3v) is 6.13. The topological polar surface area (TPSA) is 126 Å². The quantitative estimate of drug-likeness (QED) is 0.693. The van der Waals surface area contributed by atoms with E-state index in [9.17, 15) is 10.1 Å². The summed E-state index contributed by atoms with van der Waals surface area (Å²) in [4.78, 5) is 19.4. The molecule has 2 aliphatic rings.